The van der Waals surface area contributed by atoms with E-state index in [4.69, 9.17) is 0 Å². The van der Waals surface area contributed by atoms with Crippen LogP contribution in [0.4, 0.5) is 0 Å². The van der Waals surface area contributed by atoms with Gasteiger partial charge in [0.15, 0.2) is 0 Å². The number of nitrogens with zero attached hydrogens (tertiary/aromatic N) is 1. The standard InChI is InChI=1S/C19H38N2/c1-6-17-8-9-19(20-7-2)18(11-17)13-21-12-14(3)10-15(4)16(21)5/h14-20H,6-13H2,1-5H3. The molecular formula is C19H38N2. The molecule has 1 saturated carbocycles. The summed E-state index contributed by atoms with van der Waals surface area (Å²) in [7, 11) is 0. The summed E-state index contributed by atoms with van der Waals surface area (Å²) in [6, 6.07) is 1.53. The average Bonchev–Trinajstić information content (AvgIpc) is 2.46. The number of hydrogen-bond acceptors (Lipinski definition) is 2. The van der Waals surface area contributed by atoms with Gasteiger partial charge in [-0.15, -0.1) is 0 Å². The second-order valence-electron chi connectivity index (χ2n) is 8.02. The largest absolute Gasteiger partial charge is 0.314 e. The highest BCUT2D eigenvalue weighted by molar-refractivity contribution is 4.89. The van der Waals surface area contributed by atoms with Crippen molar-refractivity contribution in [3.8, 4) is 0 Å². The van der Waals surface area contributed by atoms with Crippen LogP contribution in [0.2, 0.25) is 0 Å². The van der Waals surface area contributed by atoms with Gasteiger partial charge in [-0.2, -0.15) is 0 Å². The number of hydrogen-bond donors (Lipinski definition) is 1. The van der Waals surface area contributed by atoms with Gasteiger partial charge in [0.2, 0.25) is 0 Å². The van der Waals surface area contributed by atoms with Crippen molar-refractivity contribution in [1.29, 1.82) is 0 Å². The first-order chi connectivity index (χ1) is 10.0. The van der Waals surface area contributed by atoms with Gasteiger partial charge in [-0.3, -0.25) is 4.90 Å². The van der Waals surface area contributed by atoms with E-state index in [2.05, 4.69) is 44.8 Å². The highest BCUT2D eigenvalue weighted by Crippen LogP contribution is 2.34. The lowest BCUT2D eigenvalue weighted by Crippen LogP contribution is -2.52. The molecule has 21 heavy (non-hydrogen) atoms. The van der Waals surface area contributed by atoms with Crippen molar-refractivity contribution in [2.45, 2.75) is 78.8 Å². The van der Waals surface area contributed by atoms with Gasteiger partial charge in [-0.1, -0.05) is 34.1 Å². The zero-order valence-corrected chi connectivity index (χ0v) is 15.1. The molecule has 0 aromatic carbocycles. The highest BCUT2D eigenvalue weighted by atomic mass is 15.2. The van der Waals surface area contributed by atoms with Crippen LogP contribution in [0.15, 0.2) is 0 Å². The van der Waals surface area contributed by atoms with Gasteiger partial charge in [0.05, 0.1) is 0 Å². The minimum atomic E-state index is 0.762. The summed E-state index contributed by atoms with van der Waals surface area (Å²) in [5, 5.41) is 3.78. The van der Waals surface area contributed by atoms with Gasteiger partial charge >= 0.3 is 0 Å². The van der Waals surface area contributed by atoms with Crippen LogP contribution in [0.5, 0.6) is 0 Å². The lowest BCUT2D eigenvalue weighted by molar-refractivity contribution is 0.0441. The third-order valence-corrected chi connectivity index (χ3v) is 6.32. The predicted octanol–water partition coefficient (Wildman–Crippen LogP) is 4.16. The van der Waals surface area contributed by atoms with Crippen LogP contribution in [-0.4, -0.2) is 36.6 Å². The van der Waals surface area contributed by atoms with Crippen LogP contribution in [0.25, 0.3) is 0 Å². The Bertz CT molecular complexity index is 304. The zero-order valence-electron chi connectivity index (χ0n) is 15.1. The lowest BCUT2D eigenvalue weighted by atomic mass is 9.75. The summed E-state index contributed by atoms with van der Waals surface area (Å²) in [6.07, 6.45) is 7.06. The van der Waals surface area contributed by atoms with Gasteiger partial charge in [-0.25, -0.2) is 0 Å². The van der Waals surface area contributed by atoms with Crippen LogP contribution in [0.1, 0.15) is 66.7 Å². The van der Waals surface area contributed by atoms with Crippen LogP contribution >= 0.6 is 0 Å². The molecule has 2 aliphatic rings. The smallest absolute Gasteiger partial charge is 0.0108 e. The van der Waals surface area contributed by atoms with Crippen LogP contribution < -0.4 is 5.32 Å². The molecule has 1 aliphatic carbocycles. The lowest BCUT2D eigenvalue weighted by Gasteiger charge is -2.45. The van der Waals surface area contributed by atoms with Gasteiger partial charge in [0.1, 0.15) is 0 Å². The first-order valence-corrected chi connectivity index (χ1v) is 9.52. The molecule has 0 aromatic heterocycles. The number of likely N-dealkylation sites (tertiary alicyclic amines) is 1. The minimum absolute atomic E-state index is 0.762. The molecule has 2 nitrogen and oxygen atoms in total. The van der Waals surface area contributed by atoms with Gasteiger partial charge in [0.25, 0.3) is 0 Å². The minimum Gasteiger partial charge on any atom is -0.314 e. The fourth-order valence-electron chi connectivity index (χ4n) is 4.84. The molecule has 6 atom stereocenters. The Hall–Kier alpha value is -0.0800. The van der Waals surface area contributed by atoms with E-state index in [1.807, 2.05) is 0 Å². The molecule has 2 fully saturated rings. The molecule has 6 unspecified atom stereocenters. The molecule has 0 amide bonds. The molecular weight excluding hydrogens is 256 g/mol. The summed E-state index contributed by atoms with van der Waals surface area (Å²) in [5.74, 6) is 3.57. The maximum Gasteiger partial charge on any atom is 0.0108 e. The Morgan fingerprint density at radius 2 is 1.81 bits per heavy atom. The Balaban J connectivity index is 1.99. The summed E-state index contributed by atoms with van der Waals surface area (Å²) in [4.78, 5) is 2.81. The summed E-state index contributed by atoms with van der Waals surface area (Å²) in [6.45, 7) is 15.7. The molecule has 2 rings (SSSR count). The molecule has 0 bridgehead atoms. The molecule has 0 aromatic rings. The maximum atomic E-state index is 3.78. The second kappa shape index (κ2) is 7.97. The fraction of sp³-hybridized carbons (Fsp3) is 1.00. The normalized spacial score (nSPS) is 42.1. The van der Waals surface area contributed by atoms with Gasteiger partial charge in [0, 0.05) is 25.2 Å². The maximum absolute atomic E-state index is 3.78. The first-order valence-electron chi connectivity index (χ1n) is 9.52. The van der Waals surface area contributed by atoms with Gasteiger partial charge in [-0.05, 0) is 62.8 Å². The van der Waals surface area contributed by atoms with E-state index in [1.54, 1.807) is 0 Å². The third kappa shape index (κ3) is 4.45. The summed E-state index contributed by atoms with van der Waals surface area (Å²) in [5.41, 5.74) is 0. The predicted molar refractivity (Wildman–Crippen MR) is 92.6 cm³/mol. The molecule has 0 radical (unpaired) electrons. The third-order valence-electron chi connectivity index (χ3n) is 6.32. The second-order valence-corrected chi connectivity index (χ2v) is 8.02. The monoisotopic (exact) mass is 294 g/mol. The molecule has 124 valence electrons. The van der Waals surface area contributed by atoms with Crippen molar-refractivity contribution in [2.75, 3.05) is 19.6 Å². The first kappa shape index (κ1) is 17.3. The van der Waals surface area contributed by atoms with E-state index in [-0.39, 0.29) is 0 Å². The van der Waals surface area contributed by atoms with Crippen molar-refractivity contribution in [1.82, 2.24) is 10.2 Å². The van der Waals surface area contributed by atoms with Crippen molar-refractivity contribution in [2.24, 2.45) is 23.7 Å². The van der Waals surface area contributed by atoms with E-state index in [0.717, 1.165) is 42.3 Å². The fourth-order valence-corrected chi connectivity index (χ4v) is 4.84. The zero-order chi connectivity index (χ0) is 15.4. The van der Waals surface area contributed by atoms with Crippen molar-refractivity contribution in [3.63, 3.8) is 0 Å². The summed E-state index contributed by atoms with van der Waals surface area (Å²) >= 11 is 0. The van der Waals surface area contributed by atoms with E-state index in [0.29, 0.717) is 0 Å². The Morgan fingerprint density at radius 3 is 2.48 bits per heavy atom. The van der Waals surface area contributed by atoms with E-state index >= 15 is 0 Å². The van der Waals surface area contributed by atoms with E-state index < -0.39 is 0 Å². The van der Waals surface area contributed by atoms with Crippen LogP contribution in [0, 0.1) is 23.7 Å². The van der Waals surface area contributed by atoms with Crippen molar-refractivity contribution in [3.05, 3.63) is 0 Å². The Labute approximate surface area is 133 Å². The van der Waals surface area contributed by atoms with Crippen molar-refractivity contribution >= 4 is 0 Å². The number of rotatable bonds is 5. The summed E-state index contributed by atoms with van der Waals surface area (Å²) < 4.78 is 0. The molecule has 2 heteroatoms. The Morgan fingerprint density at radius 1 is 1.05 bits per heavy atom. The average molecular weight is 295 g/mol. The molecule has 0 spiro atoms. The van der Waals surface area contributed by atoms with Crippen LogP contribution in [-0.2, 0) is 0 Å². The molecule has 1 heterocycles. The van der Waals surface area contributed by atoms with E-state index in [1.165, 1.54) is 45.2 Å². The number of piperidine rings is 1. The molecule has 1 aliphatic heterocycles. The SMILES string of the molecule is CCNC1CCC(CC)CC1CN1CC(C)CC(C)C1C. The Kier molecular flexibility index (Phi) is 6.55. The number of nitrogens with one attached hydrogen (secondary N) is 1. The topological polar surface area (TPSA) is 15.3 Å². The van der Waals surface area contributed by atoms with E-state index in [9.17, 15) is 0 Å². The highest BCUT2D eigenvalue weighted by Gasteiger charge is 2.34. The quantitative estimate of drug-likeness (QED) is 0.819. The van der Waals surface area contributed by atoms with Gasteiger partial charge < -0.3 is 5.32 Å². The molecule has 1 N–H and O–H groups in total. The molecule has 1 saturated heterocycles. The van der Waals surface area contributed by atoms with Crippen LogP contribution in [0.3, 0.4) is 0 Å². The van der Waals surface area contributed by atoms with Crippen molar-refractivity contribution < 1.29 is 0 Å².